The van der Waals surface area contributed by atoms with Crippen molar-refractivity contribution in [1.29, 1.82) is 0 Å². The number of methoxy groups -OCH3 is 2. The van der Waals surface area contributed by atoms with E-state index < -0.39 is 22.5 Å². The van der Waals surface area contributed by atoms with Gasteiger partial charge in [0.1, 0.15) is 18.0 Å². The van der Waals surface area contributed by atoms with Crippen molar-refractivity contribution in [2.24, 2.45) is 5.10 Å². The van der Waals surface area contributed by atoms with Gasteiger partial charge in [0, 0.05) is 10.5 Å². The Morgan fingerprint density at radius 3 is 2.37 bits per heavy atom. The number of hydrogen-bond donors (Lipinski definition) is 1. The molecular formula is C25H26BrN3O5S. The number of halogens is 1. The molecular weight excluding hydrogens is 534 g/mol. The van der Waals surface area contributed by atoms with Crippen molar-refractivity contribution in [2.75, 3.05) is 25.1 Å². The molecule has 0 heterocycles. The van der Waals surface area contributed by atoms with Crippen molar-refractivity contribution < 1.29 is 22.7 Å². The third kappa shape index (κ3) is 6.40. The van der Waals surface area contributed by atoms with Gasteiger partial charge in [0.2, 0.25) is 0 Å². The van der Waals surface area contributed by atoms with Gasteiger partial charge in [-0.25, -0.2) is 13.8 Å². The summed E-state index contributed by atoms with van der Waals surface area (Å²) in [7, 11) is -1.24. The van der Waals surface area contributed by atoms with Crippen LogP contribution < -0.4 is 19.2 Å². The van der Waals surface area contributed by atoms with Gasteiger partial charge in [-0.05, 0) is 55.8 Å². The average molecular weight is 560 g/mol. The zero-order valence-corrected chi connectivity index (χ0v) is 22.2. The van der Waals surface area contributed by atoms with E-state index in [2.05, 4.69) is 26.5 Å². The molecule has 0 aromatic heterocycles. The van der Waals surface area contributed by atoms with E-state index in [9.17, 15) is 13.2 Å². The maximum absolute atomic E-state index is 13.7. The molecule has 1 amide bonds. The van der Waals surface area contributed by atoms with Crippen molar-refractivity contribution in [3.05, 3.63) is 82.3 Å². The third-order valence-electron chi connectivity index (χ3n) is 5.14. The molecule has 0 aliphatic carbocycles. The molecule has 35 heavy (non-hydrogen) atoms. The minimum Gasteiger partial charge on any atom is -0.497 e. The lowest BCUT2D eigenvalue weighted by molar-refractivity contribution is -0.119. The van der Waals surface area contributed by atoms with Crippen LogP contribution in [-0.4, -0.2) is 40.8 Å². The lowest BCUT2D eigenvalue weighted by Crippen LogP contribution is -2.40. The van der Waals surface area contributed by atoms with E-state index in [4.69, 9.17) is 9.47 Å². The van der Waals surface area contributed by atoms with Gasteiger partial charge in [0.25, 0.3) is 15.9 Å². The van der Waals surface area contributed by atoms with Crippen molar-refractivity contribution in [2.45, 2.75) is 18.7 Å². The summed E-state index contributed by atoms with van der Waals surface area (Å²) in [5, 5.41) is 4.14. The first-order valence-corrected chi connectivity index (χ1v) is 12.8. The van der Waals surface area contributed by atoms with E-state index in [1.807, 2.05) is 31.2 Å². The Morgan fingerprint density at radius 1 is 1.03 bits per heavy atom. The number of amides is 1. The summed E-state index contributed by atoms with van der Waals surface area (Å²) < 4.78 is 39.8. The van der Waals surface area contributed by atoms with Gasteiger partial charge in [0.15, 0.2) is 0 Å². The van der Waals surface area contributed by atoms with Crippen LogP contribution in [0, 0.1) is 6.92 Å². The molecule has 8 nitrogen and oxygen atoms in total. The standard InChI is InChI=1S/C25H26BrN3O5S/c1-17-8-11-22(12-9-17)35(31,32)29(23-15-21(33-3)10-13-24(23)34-4)16-25(30)28-27-18(2)19-6-5-7-20(26)14-19/h5-15H,16H2,1-4H3,(H,28,30)/b27-18-. The van der Waals surface area contributed by atoms with Gasteiger partial charge in [-0.3, -0.25) is 9.10 Å². The monoisotopic (exact) mass is 559 g/mol. The predicted molar refractivity (Wildman–Crippen MR) is 140 cm³/mol. The van der Waals surface area contributed by atoms with Crippen LogP contribution in [0.15, 0.2) is 81.2 Å². The Bertz CT molecular complexity index is 1340. The summed E-state index contributed by atoms with van der Waals surface area (Å²) in [5.74, 6) is 0.0526. The Morgan fingerprint density at radius 2 is 1.74 bits per heavy atom. The summed E-state index contributed by atoms with van der Waals surface area (Å²) in [6, 6.07) is 18.6. The van der Waals surface area contributed by atoms with Gasteiger partial charge in [-0.1, -0.05) is 45.8 Å². The van der Waals surface area contributed by atoms with Gasteiger partial charge in [0.05, 0.1) is 30.5 Å². The molecule has 0 aliphatic rings. The number of ether oxygens (including phenoxy) is 2. The normalized spacial score (nSPS) is 11.6. The number of nitrogens with zero attached hydrogens (tertiary/aromatic N) is 2. The highest BCUT2D eigenvalue weighted by atomic mass is 79.9. The first-order chi connectivity index (χ1) is 16.6. The maximum atomic E-state index is 13.7. The molecule has 3 aromatic carbocycles. The van der Waals surface area contributed by atoms with Crippen LogP contribution in [-0.2, 0) is 14.8 Å². The van der Waals surface area contributed by atoms with E-state index in [-0.39, 0.29) is 16.3 Å². The second-order valence-corrected chi connectivity index (χ2v) is 10.4. The number of aryl methyl sites for hydroxylation is 1. The molecule has 0 saturated heterocycles. The highest BCUT2D eigenvalue weighted by Crippen LogP contribution is 2.35. The largest absolute Gasteiger partial charge is 0.497 e. The lowest BCUT2D eigenvalue weighted by Gasteiger charge is -2.25. The highest BCUT2D eigenvalue weighted by Gasteiger charge is 2.30. The van der Waals surface area contributed by atoms with E-state index >= 15 is 0 Å². The van der Waals surface area contributed by atoms with Crippen LogP contribution >= 0.6 is 15.9 Å². The summed E-state index contributed by atoms with van der Waals surface area (Å²) in [4.78, 5) is 12.9. The Labute approximate surface area is 213 Å². The van der Waals surface area contributed by atoms with Crippen LogP contribution in [0.5, 0.6) is 11.5 Å². The van der Waals surface area contributed by atoms with E-state index in [0.29, 0.717) is 11.5 Å². The number of anilines is 1. The SMILES string of the molecule is COc1ccc(OC)c(N(CC(=O)N/N=C(/C)c2cccc(Br)c2)S(=O)(=O)c2ccc(C)cc2)c1. The molecule has 3 rings (SSSR count). The molecule has 3 aromatic rings. The number of hydrazone groups is 1. The predicted octanol–water partition coefficient (Wildman–Crippen LogP) is 4.51. The molecule has 0 saturated carbocycles. The topological polar surface area (TPSA) is 97.3 Å². The first kappa shape index (κ1) is 26.2. The van der Waals surface area contributed by atoms with Gasteiger partial charge < -0.3 is 9.47 Å². The zero-order chi connectivity index (χ0) is 25.6. The van der Waals surface area contributed by atoms with Crippen LogP contribution in [0.25, 0.3) is 0 Å². The molecule has 0 fully saturated rings. The molecule has 0 radical (unpaired) electrons. The van der Waals surface area contributed by atoms with Crippen LogP contribution in [0.2, 0.25) is 0 Å². The van der Waals surface area contributed by atoms with E-state index in [0.717, 1.165) is 19.9 Å². The minimum absolute atomic E-state index is 0.0367. The smallest absolute Gasteiger partial charge is 0.264 e. The fraction of sp³-hybridized carbons (Fsp3) is 0.200. The minimum atomic E-state index is -4.14. The van der Waals surface area contributed by atoms with Crippen molar-refractivity contribution >= 4 is 43.3 Å². The van der Waals surface area contributed by atoms with Gasteiger partial charge >= 0.3 is 0 Å². The molecule has 0 bridgehead atoms. The van der Waals surface area contributed by atoms with Crippen LogP contribution in [0.4, 0.5) is 5.69 Å². The molecule has 184 valence electrons. The van der Waals surface area contributed by atoms with Crippen LogP contribution in [0.3, 0.4) is 0 Å². The number of hydrogen-bond acceptors (Lipinski definition) is 6. The molecule has 0 spiro atoms. The lowest BCUT2D eigenvalue weighted by atomic mass is 10.1. The second kappa shape index (κ2) is 11.4. The number of nitrogens with one attached hydrogen (secondary N) is 1. The number of carbonyl (C=O) groups is 1. The highest BCUT2D eigenvalue weighted by molar-refractivity contribution is 9.10. The van der Waals surface area contributed by atoms with Crippen molar-refractivity contribution in [3.63, 3.8) is 0 Å². The third-order valence-corrected chi connectivity index (χ3v) is 7.41. The summed E-state index contributed by atoms with van der Waals surface area (Å²) in [6.07, 6.45) is 0. The summed E-state index contributed by atoms with van der Waals surface area (Å²) >= 11 is 3.40. The molecule has 0 aliphatic heterocycles. The maximum Gasteiger partial charge on any atom is 0.264 e. The first-order valence-electron chi connectivity index (χ1n) is 10.6. The zero-order valence-electron chi connectivity index (χ0n) is 19.8. The Hall–Kier alpha value is -3.37. The number of rotatable bonds is 9. The molecule has 0 atom stereocenters. The van der Waals surface area contributed by atoms with E-state index in [1.54, 1.807) is 31.2 Å². The second-order valence-electron chi connectivity index (χ2n) is 7.61. The number of sulfonamides is 1. The molecule has 1 N–H and O–H groups in total. The van der Waals surface area contributed by atoms with Crippen molar-refractivity contribution in [1.82, 2.24) is 5.43 Å². The Kier molecular flexibility index (Phi) is 8.52. The quantitative estimate of drug-likeness (QED) is 0.307. The Balaban J connectivity index is 1.98. The van der Waals surface area contributed by atoms with Crippen molar-refractivity contribution in [3.8, 4) is 11.5 Å². The van der Waals surface area contributed by atoms with Crippen LogP contribution in [0.1, 0.15) is 18.1 Å². The van der Waals surface area contributed by atoms with Gasteiger partial charge in [-0.2, -0.15) is 5.10 Å². The summed E-state index contributed by atoms with van der Waals surface area (Å²) in [5.41, 5.74) is 4.89. The average Bonchev–Trinajstić information content (AvgIpc) is 2.85. The van der Waals surface area contributed by atoms with Gasteiger partial charge in [-0.15, -0.1) is 0 Å². The van der Waals surface area contributed by atoms with E-state index in [1.165, 1.54) is 32.4 Å². The fourth-order valence-electron chi connectivity index (χ4n) is 3.22. The summed E-state index contributed by atoms with van der Waals surface area (Å²) in [6.45, 7) is 3.07. The fourth-order valence-corrected chi connectivity index (χ4v) is 5.04. The number of benzene rings is 3. The molecule has 0 unspecified atom stereocenters. The number of carbonyl (C=O) groups excluding carboxylic acids is 1. The molecule has 10 heteroatoms.